The quantitative estimate of drug-likeness (QED) is 0.737. The summed E-state index contributed by atoms with van der Waals surface area (Å²) in [5.74, 6) is 1.01. The van der Waals surface area contributed by atoms with E-state index in [1.165, 1.54) is 10.9 Å². The average Bonchev–Trinajstić information content (AvgIpc) is 3.05. The Labute approximate surface area is 111 Å². The van der Waals surface area contributed by atoms with Crippen LogP contribution < -0.4 is 5.32 Å². The van der Waals surface area contributed by atoms with Crippen molar-refractivity contribution in [2.24, 2.45) is 0 Å². The summed E-state index contributed by atoms with van der Waals surface area (Å²) in [5, 5.41) is 4.69. The van der Waals surface area contributed by atoms with E-state index < -0.39 is 0 Å². The zero-order chi connectivity index (χ0) is 13.1. The molecule has 4 nitrogen and oxygen atoms in total. The van der Waals surface area contributed by atoms with Gasteiger partial charge >= 0.3 is 0 Å². The second-order valence-corrected chi connectivity index (χ2v) is 4.78. The standard InChI is InChI=1S/C15H17N3O/c1-11(8-13-4-3-7-19-13)17-9-12-10-18-15-14(12)5-2-6-16-15/h2-7,10-11,17H,8-9H2,1H3,(H,16,18). The predicted octanol–water partition coefficient (Wildman–Crippen LogP) is 2.88. The first kappa shape index (κ1) is 12.0. The lowest BCUT2D eigenvalue weighted by Gasteiger charge is -2.11. The van der Waals surface area contributed by atoms with Gasteiger partial charge in [-0.3, -0.25) is 0 Å². The third kappa shape index (κ3) is 2.69. The Morgan fingerprint density at radius 1 is 1.37 bits per heavy atom. The molecule has 0 fully saturated rings. The Hall–Kier alpha value is -2.07. The highest BCUT2D eigenvalue weighted by Crippen LogP contribution is 2.15. The number of hydrogen-bond donors (Lipinski definition) is 2. The molecule has 19 heavy (non-hydrogen) atoms. The van der Waals surface area contributed by atoms with Gasteiger partial charge in [-0.1, -0.05) is 0 Å². The lowest BCUT2D eigenvalue weighted by atomic mass is 10.1. The molecule has 4 heteroatoms. The molecule has 3 rings (SSSR count). The summed E-state index contributed by atoms with van der Waals surface area (Å²) in [6, 6.07) is 8.35. The van der Waals surface area contributed by atoms with Gasteiger partial charge in [0, 0.05) is 36.8 Å². The molecule has 0 aliphatic carbocycles. The number of H-pyrrole nitrogens is 1. The van der Waals surface area contributed by atoms with Crippen LogP contribution in [0.4, 0.5) is 0 Å². The van der Waals surface area contributed by atoms with Gasteiger partial charge in [-0.05, 0) is 36.8 Å². The second-order valence-electron chi connectivity index (χ2n) is 4.78. The van der Waals surface area contributed by atoms with Crippen LogP contribution in [0.5, 0.6) is 0 Å². The minimum absolute atomic E-state index is 0.368. The van der Waals surface area contributed by atoms with Gasteiger partial charge in [-0.15, -0.1) is 0 Å². The zero-order valence-corrected chi connectivity index (χ0v) is 10.9. The van der Waals surface area contributed by atoms with E-state index in [4.69, 9.17) is 4.42 Å². The summed E-state index contributed by atoms with van der Waals surface area (Å²) in [7, 11) is 0. The van der Waals surface area contributed by atoms with E-state index >= 15 is 0 Å². The Bertz CT molecular complexity index is 642. The van der Waals surface area contributed by atoms with Gasteiger partial charge in [0.2, 0.25) is 0 Å². The molecule has 3 heterocycles. The largest absolute Gasteiger partial charge is 0.469 e. The van der Waals surface area contributed by atoms with Crippen LogP contribution in [0.3, 0.4) is 0 Å². The average molecular weight is 255 g/mol. The number of hydrogen-bond acceptors (Lipinski definition) is 3. The topological polar surface area (TPSA) is 53.9 Å². The maximum Gasteiger partial charge on any atom is 0.137 e. The molecule has 1 unspecified atom stereocenters. The highest BCUT2D eigenvalue weighted by atomic mass is 16.3. The number of aromatic amines is 1. The molecule has 0 spiro atoms. The van der Waals surface area contributed by atoms with Crippen molar-refractivity contribution in [3.05, 3.63) is 54.2 Å². The van der Waals surface area contributed by atoms with Gasteiger partial charge in [0.15, 0.2) is 0 Å². The first-order valence-electron chi connectivity index (χ1n) is 6.49. The minimum atomic E-state index is 0.368. The van der Waals surface area contributed by atoms with E-state index in [0.29, 0.717) is 6.04 Å². The van der Waals surface area contributed by atoms with E-state index in [1.807, 2.05) is 24.4 Å². The summed E-state index contributed by atoms with van der Waals surface area (Å²) in [6.45, 7) is 2.99. The van der Waals surface area contributed by atoms with Crippen LogP contribution in [0.15, 0.2) is 47.3 Å². The van der Waals surface area contributed by atoms with Crippen molar-refractivity contribution in [1.82, 2.24) is 15.3 Å². The maximum absolute atomic E-state index is 5.36. The second kappa shape index (κ2) is 5.28. The SMILES string of the molecule is CC(Cc1ccco1)NCc1c[nH]c2ncccc12. The molecule has 0 saturated carbocycles. The minimum Gasteiger partial charge on any atom is -0.469 e. The highest BCUT2D eigenvalue weighted by Gasteiger charge is 2.08. The maximum atomic E-state index is 5.36. The molecule has 0 amide bonds. The number of nitrogens with zero attached hydrogens (tertiary/aromatic N) is 1. The number of pyridine rings is 1. The number of fused-ring (bicyclic) bond motifs is 1. The molecule has 0 aromatic carbocycles. The van der Waals surface area contributed by atoms with Crippen LogP contribution in [-0.4, -0.2) is 16.0 Å². The van der Waals surface area contributed by atoms with Crippen molar-refractivity contribution in [2.75, 3.05) is 0 Å². The van der Waals surface area contributed by atoms with Gasteiger partial charge in [-0.25, -0.2) is 4.98 Å². The molecular weight excluding hydrogens is 238 g/mol. The molecule has 0 aliphatic rings. The Balaban J connectivity index is 1.62. The fourth-order valence-corrected chi connectivity index (χ4v) is 2.25. The first-order chi connectivity index (χ1) is 9.33. The number of nitrogens with one attached hydrogen (secondary N) is 2. The molecule has 0 saturated heterocycles. The van der Waals surface area contributed by atoms with E-state index in [1.54, 1.807) is 12.5 Å². The Morgan fingerprint density at radius 2 is 2.32 bits per heavy atom. The molecular formula is C15H17N3O. The fraction of sp³-hybridized carbons (Fsp3) is 0.267. The van der Waals surface area contributed by atoms with Crippen LogP contribution in [0, 0.1) is 0 Å². The van der Waals surface area contributed by atoms with Crippen LogP contribution >= 0.6 is 0 Å². The Morgan fingerprint density at radius 3 is 3.16 bits per heavy atom. The van der Waals surface area contributed by atoms with Crippen molar-refractivity contribution in [3.8, 4) is 0 Å². The van der Waals surface area contributed by atoms with Crippen molar-refractivity contribution >= 4 is 11.0 Å². The van der Waals surface area contributed by atoms with Crippen LogP contribution in [0.2, 0.25) is 0 Å². The molecule has 0 aliphatic heterocycles. The van der Waals surface area contributed by atoms with E-state index in [-0.39, 0.29) is 0 Å². The van der Waals surface area contributed by atoms with Crippen molar-refractivity contribution in [2.45, 2.75) is 25.9 Å². The zero-order valence-electron chi connectivity index (χ0n) is 10.9. The van der Waals surface area contributed by atoms with Gasteiger partial charge < -0.3 is 14.7 Å². The fourth-order valence-electron chi connectivity index (χ4n) is 2.25. The molecule has 1 atom stereocenters. The first-order valence-corrected chi connectivity index (χ1v) is 6.49. The van der Waals surface area contributed by atoms with Crippen LogP contribution in [0.25, 0.3) is 11.0 Å². The summed E-state index contributed by atoms with van der Waals surface area (Å²) in [6.07, 6.45) is 6.43. The summed E-state index contributed by atoms with van der Waals surface area (Å²) >= 11 is 0. The van der Waals surface area contributed by atoms with Crippen molar-refractivity contribution in [3.63, 3.8) is 0 Å². The van der Waals surface area contributed by atoms with Gasteiger partial charge in [0.05, 0.1) is 6.26 Å². The molecule has 0 bridgehead atoms. The lowest BCUT2D eigenvalue weighted by Crippen LogP contribution is -2.27. The molecule has 2 N–H and O–H groups in total. The number of rotatable bonds is 5. The van der Waals surface area contributed by atoms with Crippen LogP contribution in [-0.2, 0) is 13.0 Å². The molecule has 3 aromatic rings. The summed E-state index contributed by atoms with van der Waals surface area (Å²) < 4.78 is 5.36. The lowest BCUT2D eigenvalue weighted by molar-refractivity contribution is 0.457. The molecule has 0 radical (unpaired) electrons. The third-order valence-electron chi connectivity index (χ3n) is 3.27. The Kier molecular flexibility index (Phi) is 3.33. The predicted molar refractivity (Wildman–Crippen MR) is 74.8 cm³/mol. The van der Waals surface area contributed by atoms with E-state index in [9.17, 15) is 0 Å². The smallest absolute Gasteiger partial charge is 0.137 e. The summed E-state index contributed by atoms with van der Waals surface area (Å²) in [5.41, 5.74) is 2.19. The number of furan rings is 1. The van der Waals surface area contributed by atoms with E-state index in [0.717, 1.165) is 24.4 Å². The van der Waals surface area contributed by atoms with Gasteiger partial charge in [0.25, 0.3) is 0 Å². The van der Waals surface area contributed by atoms with Crippen molar-refractivity contribution < 1.29 is 4.42 Å². The van der Waals surface area contributed by atoms with Crippen molar-refractivity contribution in [1.29, 1.82) is 0 Å². The van der Waals surface area contributed by atoms with Gasteiger partial charge in [0.1, 0.15) is 11.4 Å². The van der Waals surface area contributed by atoms with Crippen LogP contribution in [0.1, 0.15) is 18.2 Å². The third-order valence-corrected chi connectivity index (χ3v) is 3.27. The molecule has 3 aromatic heterocycles. The summed E-state index contributed by atoms with van der Waals surface area (Å²) in [4.78, 5) is 7.48. The highest BCUT2D eigenvalue weighted by molar-refractivity contribution is 5.79. The monoisotopic (exact) mass is 255 g/mol. The number of aromatic nitrogens is 2. The molecule has 98 valence electrons. The van der Waals surface area contributed by atoms with E-state index in [2.05, 4.69) is 28.3 Å². The van der Waals surface area contributed by atoms with Gasteiger partial charge in [-0.2, -0.15) is 0 Å². The normalized spacial score (nSPS) is 12.9.